The Morgan fingerprint density at radius 2 is 1.45 bits per heavy atom. The molecule has 5 atom stereocenters. The molecule has 5 amide bonds. The summed E-state index contributed by atoms with van der Waals surface area (Å²) in [4.78, 5) is 69.8. The van der Waals surface area contributed by atoms with Gasteiger partial charge in [0.15, 0.2) is 9.84 Å². The highest BCUT2D eigenvalue weighted by Crippen LogP contribution is 2.65. The lowest BCUT2D eigenvalue weighted by Crippen LogP contribution is -2.71. The van der Waals surface area contributed by atoms with Crippen LogP contribution in [0.1, 0.15) is 120 Å². The first-order valence-electron chi connectivity index (χ1n) is 18.4. The third-order valence-electron chi connectivity index (χ3n) is 12.4. The monoisotopic (exact) mass is 741 g/mol. The van der Waals surface area contributed by atoms with Gasteiger partial charge in [0.2, 0.25) is 17.6 Å². The van der Waals surface area contributed by atoms with Crippen LogP contribution in [0.25, 0.3) is 0 Å². The minimum atomic E-state index is -3.69. The Balaban J connectivity index is 1.38. The minimum absolute atomic E-state index is 0.0896. The molecule has 1 aliphatic heterocycles. The van der Waals surface area contributed by atoms with Gasteiger partial charge in [0.1, 0.15) is 17.6 Å². The molecule has 4 saturated carbocycles. The Labute approximate surface area is 300 Å². The van der Waals surface area contributed by atoms with E-state index in [2.05, 4.69) is 21.3 Å². The van der Waals surface area contributed by atoms with Crippen molar-refractivity contribution in [3.63, 3.8) is 0 Å². The molecule has 5 aliphatic rings. The third kappa shape index (κ3) is 7.25. The minimum Gasteiger partial charge on any atom is -0.347 e. The van der Waals surface area contributed by atoms with Gasteiger partial charge in [0.05, 0.1) is 15.5 Å². The van der Waals surface area contributed by atoms with Crippen molar-refractivity contribution in [2.45, 2.75) is 165 Å². The third-order valence-corrected chi connectivity index (χ3v) is 15.5. The molecule has 4 N–H and O–H groups in total. The van der Waals surface area contributed by atoms with Crippen molar-refractivity contribution in [3.05, 3.63) is 0 Å². The van der Waals surface area contributed by atoms with Gasteiger partial charge in [-0.1, -0.05) is 53.9 Å². The van der Waals surface area contributed by atoms with Gasteiger partial charge >= 0.3 is 6.03 Å². The van der Waals surface area contributed by atoms with Crippen LogP contribution in [-0.2, 0) is 29.0 Å². The highest BCUT2D eigenvalue weighted by Gasteiger charge is 2.71. The summed E-state index contributed by atoms with van der Waals surface area (Å²) < 4.78 is 54.8. The zero-order chi connectivity index (χ0) is 38.3. The van der Waals surface area contributed by atoms with Crippen LogP contribution >= 0.6 is 0 Å². The summed E-state index contributed by atoms with van der Waals surface area (Å²) >= 11 is 0. The summed E-state index contributed by atoms with van der Waals surface area (Å²) in [6.45, 7) is 15.9. The molecular formula is C36H57F2N5O7S. The fraction of sp³-hybridized carbons (Fsp3) is 0.861. The molecule has 51 heavy (non-hydrogen) atoms. The van der Waals surface area contributed by atoms with Gasteiger partial charge < -0.3 is 26.2 Å². The molecule has 12 nitrogen and oxygen atoms in total. The Kier molecular flexibility index (Phi) is 9.76. The molecule has 5 rings (SSSR count). The predicted molar refractivity (Wildman–Crippen MR) is 186 cm³/mol. The molecule has 0 unspecified atom stereocenters. The van der Waals surface area contributed by atoms with E-state index in [-0.39, 0.29) is 29.8 Å². The summed E-state index contributed by atoms with van der Waals surface area (Å²) in [5.74, 6) is -7.15. The second kappa shape index (κ2) is 12.6. The number of likely N-dealkylation sites (tertiary alicyclic amines) is 1. The molecule has 15 heteroatoms. The Morgan fingerprint density at radius 1 is 0.882 bits per heavy atom. The van der Waals surface area contributed by atoms with Crippen LogP contribution in [0.4, 0.5) is 13.6 Å². The van der Waals surface area contributed by atoms with Crippen LogP contribution in [0.5, 0.6) is 0 Å². The van der Waals surface area contributed by atoms with Gasteiger partial charge in [0, 0.05) is 25.4 Å². The lowest BCUT2D eigenvalue weighted by atomic mass is 9.70. The van der Waals surface area contributed by atoms with Gasteiger partial charge in [-0.25, -0.2) is 22.0 Å². The molecule has 288 valence electrons. The van der Waals surface area contributed by atoms with Gasteiger partial charge in [-0.3, -0.25) is 19.2 Å². The van der Waals surface area contributed by atoms with Crippen LogP contribution in [0, 0.1) is 22.7 Å². The number of carbonyl (C=O) groups is 5. The van der Waals surface area contributed by atoms with Gasteiger partial charge in [-0.15, -0.1) is 0 Å². The van der Waals surface area contributed by atoms with E-state index in [4.69, 9.17) is 0 Å². The molecule has 0 spiro atoms. The second-order valence-electron chi connectivity index (χ2n) is 18.7. The number of hydrogen-bond acceptors (Lipinski definition) is 7. The van der Waals surface area contributed by atoms with Gasteiger partial charge in [-0.2, -0.15) is 0 Å². The maximum atomic E-state index is 14.5. The van der Waals surface area contributed by atoms with Gasteiger partial charge in [-0.05, 0) is 76.0 Å². The van der Waals surface area contributed by atoms with E-state index < -0.39 is 96.7 Å². The average molecular weight is 742 g/mol. The van der Waals surface area contributed by atoms with Crippen molar-refractivity contribution < 1.29 is 41.2 Å². The van der Waals surface area contributed by atoms with Crippen molar-refractivity contribution in [2.24, 2.45) is 22.7 Å². The quantitative estimate of drug-likeness (QED) is 0.248. The molecule has 4 aliphatic carbocycles. The number of hydrogen-bond donors (Lipinski definition) is 4. The molecule has 1 saturated heterocycles. The summed E-state index contributed by atoms with van der Waals surface area (Å²) in [7, 11) is -3.69. The number of carbonyl (C=O) groups excluding carboxylic acids is 5. The summed E-state index contributed by atoms with van der Waals surface area (Å²) in [5.41, 5.74) is -4.37. The molecule has 0 aromatic heterocycles. The highest BCUT2D eigenvalue weighted by atomic mass is 32.2. The number of amides is 5. The van der Waals surface area contributed by atoms with E-state index >= 15 is 0 Å². The summed E-state index contributed by atoms with van der Waals surface area (Å²) in [5, 5.41) is 9.96. The normalized spacial score (nSPS) is 28.6. The fourth-order valence-electron chi connectivity index (χ4n) is 8.81. The molecule has 1 heterocycles. The first kappa shape index (κ1) is 39.4. The number of fused-ring (bicyclic) bond motifs is 1. The average Bonchev–Trinajstić information content (AvgIpc) is 3.84. The maximum absolute atomic E-state index is 14.5. The number of nitrogens with zero attached hydrogens (tertiary/aromatic N) is 1. The fourth-order valence-corrected chi connectivity index (χ4v) is 10.8. The van der Waals surface area contributed by atoms with E-state index in [1.807, 2.05) is 13.8 Å². The van der Waals surface area contributed by atoms with Crippen molar-refractivity contribution in [1.82, 2.24) is 26.2 Å². The summed E-state index contributed by atoms with van der Waals surface area (Å²) in [6.07, 6.45) is 2.61. The topological polar surface area (TPSA) is 171 Å². The molecule has 5 fully saturated rings. The van der Waals surface area contributed by atoms with Crippen LogP contribution < -0.4 is 21.3 Å². The lowest BCUT2D eigenvalue weighted by molar-refractivity contribution is -0.169. The maximum Gasteiger partial charge on any atom is 0.315 e. The number of piperidine rings is 1. The number of alkyl halides is 2. The van der Waals surface area contributed by atoms with Crippen molar-refractivity contribution >= 4 is 39.4 Å². The smallest absolute Gasteiger partial charge is 0.315 e. The Morgan fingerprint density at radius 3 is 1.94 bits per heavy atom. The number of urea groups is 1. The Hall–Kier alpha value is -2.84. The predicted octanol–water partition coefficient (Wildman–Crippen LogP) is 3.62. The van der Waals surface area contributed by atoms with Crippen molar-refractivity contribution in [1.29, 1.82) is 0 Å². The first-order chi connectivity index (χ1) is 23.2. The number of sulfone groups is 1. The van der Waals surface area contributed by atoms with E-state index in [0.717, 1.165) is 19.3 Å². The molecule has 0 bridgehead atoms. The molecular weight excluding hydrogens is 684 g/mol. The van der Waals surface area contributed by atoms with Gasteiger partial charge in [0.25, 0.3) is 11.8 Å². The highest BCUT2D eigenvalue weighted by molar-refractivity contribution is 7.93. The van der Waals surface area contributed by atoms with Crippen molar-refractivity contribution in [3.8, 4) is 0 Å². The van der Waals surface area contributed by atoms with Crippen LogP contribution in [0.3, 0.4) is 0 Å². The van der Waals surface area contributed by atoms with E-state index in [0.29, 0.717) is 25.7 Å². The van der Waals surface area contributed by atoms with Crippen LogP contribution in [0.2, 0.25) is 0 Å². The summed E-state index contributed by atoms with van der Waals surface area (Å²) in [6, 6.07) is -3.17. The molecule has 0 aromatic rings. The van der Waals surface area contributed by atoms with Crippen molar-refractivity contribution in [2.75, 3.05) is 6.54 Å². The van der Waals surface area contributed by atoms with Crippen LogP contribution in [-0.4, -0.2) is 94.5 Å². The first-order valence-corrected chi connectivity index (χ1v) is 19.9. The number of halogens is 2. The van der Waals surface area contributed by atoms with E-state index in [9.17, 15) is 41.2 Å². The van der Waals surface area contributed by atoms with E-state index in [1.54, 1.807) is 48.5 Å². The van der Waals surface area contributed by atoms with Crippen LogP contribution in [0.15, 0.2) is 0 Å². The number of rotatable bonds is 10. The zero-order valence-corrected chi connectivity index (χ0v) is 32.3. The number of ketones is 1. The lowest BCUT2D eigenvalue weighted by Gasteiger charge is -2.47. The largest absolute Gasteiger partial charge is 0.347 e. The number of nitrogens with one attached hydrogen (secondary N) is 4. The SMILES string of the molecule is C[C@H](C1(NC(=O)N[C@H](C(=O)N2C[C@H]3[C@@H]([C@H]2C(=O)NC2(C(=O)C(=O)NC4CC4)CC(F)(F)C2)C3(C)C)C(C)(C)C)CCCCC1)S(=O)(=O)C(C)(C)C. The number of Topliss-reactive ketones (excluding diaryl/α,β-unsaturated/α-hetero) is 1. The zero-order valence-electron chi connectivity index (χ0n) is 31.5. The molecule has 0 radical (unpaired) electrons. The standard InChI is InChI=1S/C36H57F2N5O7S/c1-20(51(49,50)32(5,6)7)34(15-11-10-12-16-34)42-30(48)40-25(31(2,3)4)29(47)43-17-22-23(33(22,8)9)24(43)27(45)41-35(18-36(37,38)19-35)26(44)28(46)39-21-13-14-21/h20-25H,10-19H2,1-9H3,(H,39,46)(H,41,45)(H2,40,42,48)/t20-,22+,23+,24+,25-/m1/s1. The molecule has 0 aromatic carbocycles. The van der Waals surface area contributed by atoms with E-state index in [1.165, 1.54) is 4.90 Å². The Bertz CT molecular complexity index is 1570. The second-order valence-corrected chi connectivity index (χ2v) is 21.7.